The first-order valence-corrected chi connectivity index (χ1v) is 3.68. The Labute approximate surface area is 73.6 Å². The third-order valence-corrected chi connectivity index (χ3v) is 1.85. The first-order chi connectivity index (χ1) is 4.83. The minimum atomic E-state index is 0. The number of likely N-dealkylation sites (tertiary alicyclic amines) is 1. The molecule has 0 bridgehead atoms. The Morgan fingerprint density at radius 1 is 1.64 bits per heavy atom. The molecule has 1 fully saturated rings. The van der Waals surface area contributed by atoms with Crippen LogP contribution in [0.15, 0.2) is 0 Å². The van der Waals surface area contributed by atoms with Crippen molar-refractivity contribution in [1.29, 1.82) is 5.26 Å². The van der Waals surface area contributed by atoms with Gasteiger partial charge in [-0.1, -0.05) is 0 Å². The van der Waals surface area contributed by atoms with Crippen molar-refractivity contribution in [3.05, 3.63) is 0 Å². The van der Waals surface area contributed by atoms with E-state index in [1.807, 2.05) is 0 Å². The molecule has 1 atom stereocenters. The summed E-state index contributed by atoms with van der Waals surface area (Å²) in [6.45, 7) is 2.94. The molecule has 3 nitrogen and oxygen atoms in total. The van der Waals surface area contributed by atoms with Gasteiger partial charge in [0.05, 0.1) is 6.07 Å². The van der Waals surface area contributed by atoms with Crippen molar-refractivity contribution in [2.75, 3.05) is 19.6 Å². The maximum absolute atomic E-state index is 8.28. The van der Waals surface area contributed by atoms with Crippen LogP contribution in [0.25, 0.3) is 0 Å². The van der Waals surface area contributed by atoms with E-state index in [-0.39, 0.29) is 12.4 Å². The Bertz CT molecular complexity index is 143. The van der Waals surface area contributed by atoms with E-state index in [9.17, 15) is 0 Å². The number of nitrogens with two attached hydrogens (primary N) is 1. The number of hydrogen-bond acceptors (Lipinski definition) is 3. The first-order valence-electron chi connectivity index (χ1n) is 3.68. The lowest BCUT2D eigenvalue weighted by Gasteiger charge is -2.11. The molecule has 1 heterocycles. The molecule has 0 unspecified atom stereocenters. The fourth-order valence-electron chi connectivity index (χ4n) is 1.27. The van der Waals surface area contributed by atoms with Crippen molar-refractivity contribution in [2.24, 2.45) is 5.73 Å². The van der Waals surface area contributed by atoms with Gasteiger partial charge in [-0.05, 0) is 13.0 Å². The third-order valence-electron chi connectivity index (χ3n) is 1.85. The van der Waals surface area contributed by atoms with Crippen LogP contribution in [0.5, 0.6) is 0 Å². The minimum absolute atomic E-state index is 0. The van der Waals surface area contributed by atoms with Crippen molar-refractivity contribution >= 4 is 12.4 Å². The molecule has 1 aliphatic rings. The van der Waals surface area contributed by atoms with E-state index in [2.05, 4.69) is 11.0 Å². The molecule has 1 rings (SSSR count). The highest BCUT2D eigenvalue weighted by atomic mass is 35.5. The largest absolute Gasteiger partial charge is 0.326 e. The van der Waals surface area contributed by atoms with Crippen molar-refractivity contribution in [2.45, 2.75) is 18.9 Å². The van der Waals surface area contributed by atoms with E-state index in [0.717, 1.165) is 26.1 Å². The summed E-state index contributed by atoms with van der Waals surface area (Å²) in [7, 11) is 0. The van der Waals surface area contributed by atoms with Gasteiger partial charge in [-0.25, -0.2) is 0 Å². The summed E-state index contributed by atoms with van der Waals surface area (Å²) < 4.78 is 0. The normalized spacial score (nSPS) is 24.2. The second-order valence-electron chi connectivity index (χ2n) is 2.76. The standard InChI is InChI=1S/C7H13N3.ClH/c8-3-1-4-10-5-2-7(9)6-10;/h7H,1-2,4-6,9H2;1H/t7-;/m1./s1. The molecule has 0 radical (unpaired) electrons. The molecule has 4 heteroatoms. The SMILES string of the molecule is Cl.N#CCCN1CC[C@@H](N)C1. The topological polar surface area (TPSA) is 53.0 Å². The summed E-state index contributed by atoms with van der Waals surface area (Å²) in [5, 5.41) is 8.28. The summed E-state index contributed by atoms with van der Waals surface area (Å²) in [5.41, 5.74) is 5.67. The molecule has 2 N–H and O–H groups in total. The Morgan fingerprint density at radius 3 is 2.82 bits per heavy atom. The van der Waals surface area contributed by atoms with Crippen molar-refractivity contribution in [3.63, 3.8) is 0 Å². The van der Waals surface area contributed by atoms with E-state index < -0.39 is 0 Å². The average molecular weight is 176 g/mol. The lowest BCUT2D eigenvalue weighted by Crippen LogP contribution is -2.27. The van der Waals surface area contributed by atoms with Crippen LogP contribution in [-0.2, 0) is 0 Å². The molecule has 64 valence electrons. The number of nitrogens with zero attached hydrogens (tertiary/aromatic N) is 2. The monoisotopic (exact) mass is 175 g/mol. The maximum Gasteiger partial charge on any atom is 0.0635 e. The van der Waals surface area contributed by atoms with Crippen LogP contribution in [0, 0.1) is 11.3 Å². The molecule has 11 heavy (non-hydrogen) atoms. The predicted molar refractivity (Wildman–Crippen MR) is 46.5 cm³/mol. The van der Waals surface area contributed by atoms with Crippen molar-refractivity contribution < 1.29 is 0 Å². The molecular weight excluding hydrogens is 162 g/mol. The molecule has 0 spiro atoms. The molecule has 0 saturated carbocycles. The van der Waals surface area contributed by atoms with E-state index in [0.29, 0.717) is 12.5 Å². The van der Waals surface area contributed by atoms with Gasteiger partial charge in [0, 0.05) is 25.6 Å². The van der Waals surface area contributed by atoms with Crippen LogP contribution in [-0.4, -0.2) is 30.6 Å². The zero-order chi connectivity index (χ0) is 7.40. The van der Waals surface area contributed by atoms with Crippen LogP contribution < -0.4 is 5.73 Å². The zero-order valence-electron chi connectivity index (χ0n) is 6.49. The van der Waals surface area contributed by atoms with Crippen LogP contribution >= 0.6 is 12.4 Å². The number of hydrogen-bond donors (Lipinski definition) is 1. The van der Waals surface area contributed by atoms with E-state index in [4.69, 9.17) is 11.0 Å². The fraction of sp³-hybridized carbons (Fsp3) is 0.857. The highest BCUT2D eigenvalue weighted by molar-refractivity contribution is 5.85. The molecule has 0 aromatic rings. The maximum atomic E-state index is 8.28. The quantitative estimate of drug-likeness (QED) is 0.659. The summed E-state index contributed by atoms with van der Waals surface area (Å²) in [6, 6.07) is 2.47. The van der Waals surface area contributed by atoms with Gasteiger partial charge in [0.2, 0.25) is 0 Å². The minimum Gasteiger partial charge on any atom is -0.326 e. The molecule has 1 aliphatic heterocycles. The summed E-state index contributed by atoms with van der Waals surface area (Å²) in [6.07, 6.45) is 1.72. The van der Waals surface area contributed by atoms with E-state index >= 15 is 0 Å². The molecule has 0 aliphatic carbocycles. The molecule has 1 saturated heterocycles. The van der Waals surface area contributed by atoms with Crippen LogP contribution in [0.2, 0.25) is 0 Å². The van der Waals surface area contributed by atoms with Gasteiger partial charge in [-0.2, -0.15) is 5.26 Å². The second-order valence-corrected chi connectivity index (χ2v) is 2.76. The Kier molecular flexibility index (Phi) is 5.22. The van der Waals surface area contributed by atoms with Crippen LogP contribution in [0.3, 0.4) is 0 Å². The van der Waals surface area contributed by atoms with Crippen LogP contribution in [0.1, 0.15) is 12.8 Å². The zero-order valence-corrected chi connectivity index (χ0v) is 7.31. The molecule has 0 amide bonds. The van der Waals surface area contributed by atoms with Gasteiger partial charge < -0.3 is 10.6 Å². The van der Waals surface area contributed by atoms with Gasteiger partial charge in [-0.15, -0.1) is 12.4 Å². The lowest BCUT2D eigenvalue weighted by molar-refractivity contribution is 0.343. The smallest absolute Gasteiger partial charge is 0.0635 e. The fourth-order valence-corrected chi connectivity index (χ4v) is 1.27. The first kappa shape index (κ1) is 10.7. The second kappa shape index (κ2) is 5.36. The predicted octanol–water partition coefficient (Wildman–Crippen LogP) is 0.355. The summed E-state index contributed by atoms with van der Waals surface area (Å²) in [5.74, 6) is 0. The van der Waals surface area contributed by atoms with Gasteiger partial charge >= 0.3 is 0 Å². The third kappa shape index (κ3) is 3.57. The van der Waals surface area contributed by atoms with Gasteiger partial charge in [0.15, 0.2) is 0 Å². The van der Waals surface area contributed by atoms with E-state index in [1.54, 1.807) is 0 Å². The van der Waals surface area contributed by atoms with Crippen molar-refractivity contribution in [3.8, 4) is 6.07 Å². The highest BCUT2D eigenvalue weighted by Crippen LogP contribution is 2.06. The highest BCUT2D eigenvalue weighted by Gasteiger charge is 2.17. The van der Waals surface area contributed by atoms with Crippen LogP contribution in [0.4, 0.5) is 0 Å². The van der Waals surface area contributed by atoms with E-state index in [1.165, 1.54) is 0 Å². The number of nitriles is 1. The van der Waals surface area contributed by atoms with Crippen molar-refractivity contribution in [1.82, 2.24) is 4.90 Å². The molecule has 0 aromatic heterocycles. The average Bonchev–Trinajstić information content (AvgIpc) is 2.31. The summed E-state index contributed by atoms with van der Waals surface area (Å²) >= 11 is 0. The van der Waals surface area contributed by atoms with Gasteiger partial charge in [0.1, 0.15) is 0 Å². The van der Waals surface area contributed by atoms with Gasteiger partial charge in [-0.3, -0.25) is 0 Å². The number of rotatable bonds is 2. The van der Waals surface area contributed by atoms with Gasteiger partial charge in [0.25, 0.3) is 0 Å². The molecule has 0 aromatic carbocycles. The Hall–Kier alpha value is -0.300. The lowest BCUT2D eigenvalue weighted by atomic mass is 10.3. The number of halogens is 1. The Morgan fingerprint density at radius 2 is 2.36 bits per heavy atom. The molecular formula is C7H14ClN3. The summed E-state index contributed by atoms with van der Waals surface area (Å²) in [4.78, 5) is 2.24. The Balaban J connectivity index is 0.000001000.